The first-order valence-electron chi connectivity index (χ1n) is 5.83. The van der Waals surface area contributed by atoms with Gasteiger partial charge in [0.2, 0.25) is 0 Å². The highest BCUT2D eigenvalue weighted by Crippen LogP contribution is 2.18. The van der Waals surface area contributed by atoms with E-state index in [1.165, 1.54) is 37.0 Å². The van der Waals surface area contributed by atoms with E-state index in [4.69, 9.17) is 11.0 Å². The van der Waals surface area contributed by atoms with Crippen molar-refractivity contribution in [2.45, 2.75) is 38.3 Å². The van der Waals surface area contributed by atoms with Crippen LogP contribution in [0, 0.1) is 11.3 Å². The molecule has 90 valence electrons. The Balaban J connectivity index is 1.84. The average molecular weight is 248 g/mol. The van der Waals surface area contributed by atoms with Crippen molar-refractivity contribution in [3.63, 3.8) is 0 Å². The highest BCUT2D eigenvalue weighted by molar-refractivity contribution is 7.12. The zero-order valence-electron chi connectivity index (χ0n) is 9.65. The third-order valence-corrected chi connectivity index (χ3v) is 3.86. The van der Waals surface area contributed by atoms with E-state index in [-0.39, 0.29) is 0 Å². The van der Waals surface area contributed by atoms with Gasteiger partial charge in [0.05, 0.1) is 6.54 Å². The van der Waals surface area contributed by atoms with E-state index in [2.05, 4.69) is 16.4 Å². The van der Waals surface area contributed by atoms with E-state index in [1.807, 2.05) is 12.1 Å². The Bertz CT molecular complexity index is 438. The number of nitrogens with zero attached hydrogens (tertiary/aromatic N) is 2. The monoisotopic (exact) mass is 248 g/mol. The summed E-state index contributed by atoms with van der Waals surface area (Å²) in [6, 6.07) is 6.36. The van der Waals surface area contributed by atoms with Crippen molar-refractivity contribution in [2.24, 2.45) is 10.7 Å². The average Bonchev–Trinajstić information content (AvgIpc) is 2.96. The standard InChI is InChI=1S/C12H16N4S/c13-7-10-5-6-11(17-10)8-15-12(14)16-9-3-1-2-4-9/h5-6,9H,1-4,8H2,(H3,14,15,16). The molecular weight excluding hydrogens is 232 g/mol. The Kier molecular flexibility index (Phi) is 3.99. The van der Waals surface area contributed by atoms with Gasteiger partial charge in [-0.1, -0.05) is 12.8 Å². The van der Waals surface area contributed by atoms with Gasteiger partial charge in [0.15, 0.2) is 5.96 Å². The molecule has 1 aromatic heterocycles. The molecule has 1 fully saturated rings. The smallest absolute Gasteiger partial charge is 0.189 e. The fraction of sp³-hybridized carbons (Fsp3) is 0.500. The van der Waals surface area contributed by atoms with Crippen molar-refractivity contribution in [3.8, 4) is 6.07 Å². The Labute approximate surface area is 105 Å². The Morgan fingerprint density at radius 1 is 1.53 bits per heavy atom. The van der Waals surface area contributed by atoms with Crippen molar-refractivity contribution in [3.05, 3.63) is 21.9 Å². The quantitative estimate of drug-likeness (QED) is 0.634. The summed E-state index contributed by atoms with van der Waals surface area (Å²) in [7, 11) is 0. The van der Waals surface area contributed by atoms with Crippen LogP contribution in [0.2, 0.25) is 0 Å². The molecule has 0 amide bonds. The number of nitrogens with two attached hydrogens (primary N) is 1. The van der Waals surface area contributed by atoms with Gasteiger partial charge >= 0.3 is 0 Å². The van der Waals surface area contributed by atoms with Crippen molar-refractivity contribution in [1.29, 1.82) is 5.26 Å². The lowest BCUT2D eigenvalue weighted by Crippen LogP contribution is -2.38. The number of hydrogen-bond donors (Lipinski definition) is 2. The predicted octanol–water partition coefficient (Wildman–Crippen LogP) is 1.97. The minimum Gasteiger partial charge on any atom is -0.370 e. The molecule has 1 aliphatic carbocycles. The minimum absolute atomic E-state index is 0.497. The van der Waals surface area contributed by atoms with Gasteiger partial charge in [-0.25, -0.2) is 4.99 Å². The molecule has 0 aromatic carbocycles. The maximum atomic E-state index is 8.71. The molecule has 5 heteroatoms. The number of aliphatic imine (C=N–C) groups is 1. The SMILES string of the molecule is N#Cc1ccc(CN=C(N)NC2CCCC2)s1. The van der Waals surface area contributed by atoms with E-state index in [9.17, 15) is 0 Å². The summed E-state index contributed by atoms with van der Waals surface area (Å²) in [4.78, 5) is 6.08. The lowest BCUT2D eigenvalue weighted by atomic mass is 10.2. The Morgan fingerprint density at radius 2 is 2.29 bits per heavy atom. The molecule has 0 bridgehead atoms. The summed E-state index contributed by atoms with van der Waals surface area (Å²) in [5.41, 5.74) is 5.82. The van der Waals surface area contributed by atoms with E-state index < -0.39 is 0 Å². The van der Waals surface area contributed by atoms with Gasteiger partial charge in [-0.05, 0) is 25.0 Å². The third kappa shape index (κ3) is 3.46. The first-order chi connectivity index (χ1) is 8.28. The normalized spacial score (nSPS) is 17.0. The molecule has 1 heterocycles. The Morgan fingerprint density at radius 3 is 2.94 bits per heavy atom. The van der Waals surface area contributed by atoms with E-state index in [0.29, 0.717) is 18.5 Å². The van der Waals surface area contributed by atoms with Gasteiger partial charge < -0.3 is 11.1 Å². The van der Waals surface area contributed by atoms with Gasteiger partial charge in [-0.3, -0.25) is 0 Å². The van der Waals surface area contributed by atoms with Gasteiger partial charge in [0, 0.05) is 10.9 Å². The maximum Gasteiger partial charge on any atom is 0.189 e. The Hall–Kier alpha value is -1.54. The van der Waals surface area contributed by atoms with E-state index in [1.54, 1.807) is 0 Å². The van der Waals surface area contributed by atoms with Gasteiger partial charge in [-0.15, -0.1) is 11.3 Å². The molecule has 1 saturated carbocycles. The first-order valence-corrected chi connectivity index (χ1v) is 6.65. The molecular formula is C12H16N4S. The van der Waals surface area contributed by atoms with Crippen LogP contribution in [0.5, 0.6) is 0 Å². The topological polar surface area (TPSA) is 74.2 Å². The second kappa shape index (κ2) is 5.69. The number of rotatable bonds is 3. The summed E-state index contributed by atoms with van der Waals surface area (Å²) in [5.74, 6) is 0.517. The van der Waals surface area contributed by atoms with E-state index in [0.717, 1.165) is 9.75 Å². The molecule has 17 heavy (non-hydrogen) atoms. The molecule has 1 aliphatic rings. The molecule has 0 aliphatic heterocycles. The number of hydrogen-bond acceptors (Lipinski definition) is 3. The van der Waals surface area contributed by atoms with E-state index >= 15 is 0 Å². The predicted molar refractivity (Wildman–Crippen MR) is 69.8 cm³/mol. The number of nitrogens with one attached hydrogen (secondary N) is 1. The second-order valence-corrected chi connectivity index (χ2v) is 5.37. The molecule has 0 unspecified atom stereocenters. The molecule has 2 rings (SSSR count). The van der Waals surface area contributed by atoms with Crippen molar-refractivity contribution in [1.82, 2.24) is 5.32 Å². The summed E-state index contributed by atoms with van der Waals surface area (Å²) < 4.78 is 0. The van der Waals surface area contributed by atoms with Crippen LogP contribution < -0.4 is 11.1 Å². The molecule has 0 atom stereocenters. The van der Waals surface area contributed by atoms with Gasteiger partial charge in [-0.2, -0.15) is 5.26 Å². The van der Waals surface area contributed by atoms with Crippen LogP contribution >= 0.6 is 11.3 Å². The fourth-order valence-electron chi connectivity index (χ4n) is 2.01. The lowest BCUT2D eigenvalue weighted by molar-refractivity contribution is 0.625. The van der Waals surface area contributed by atoms with Crippen LogP contribution in [0.3, 0.4) is 0 Å². The van der Waals surface area contributed by atoms with Crippen LogP contribution in [-0.4, -0.2) is 12.0 Å². The summed E-state index contributed by atoms with van der Waals surface area (Å²) >= 11 is 1.47. The maximum absolute atomic E-state index is 8.71. The second-order valence-electron chi connectivity index (χ2n) is 4.20. The highest BCUT2D eigenvalue weighted by atomic mass is 32.1. The largest absolute Gasteiger partial charge is 0.370 e. The first kappa shape index (κ1) is 11.9. The third-order valence-electron chi connectivity index (χ3n) is 2.88. The summed E-state index contributed by atoms with van der Waals surface area (Å²) in [6.45, 7) is 0.553. The van der Waals surface area contributed by atoms with Crippen LogP contribution in [0.1, 0.15) is 35.4 Å². The molecule has 0 radical (unpaired) electrons. The number of nitriles is 1. The molecule has 1 aromatic rings. The molecule has 4 nitrogen and oxygen atoms in total. The van der Waals surface area contributed by atoms with Crippen molar-refractivity contribution >= 4 is 17.3 Å². The lowest BCUT2D eigenvalue weighted by Gasteiger charge is -2.11. The number of guanidine groups is 1. The molecule has 0 spiro atoms. The highest BCUT2D eigenvalue weighted by Gasteiger charge is 2.14. The zero-order valence-corrected chi connectivity index (χ0v) is 10.5. The van der Waals surface area contributed by atoms with Crippen LogP contribution in [0.4, 0.5) is 0 Å². The zero-order chi connectivity index (χ0) is 12.1. The minimum atomic E-state index is 0.497. The summed E-state index contributed by atoms with van der Waals surface area (Å²) in [6.07, 6.45) is 4.93. The molecule has 3 N–H and O–H groups in total. The number of thiophene rings is 1. The van der Waals surface area contributed by atoms with Crippen molar-refractivity contribution < 1.29 is 0 Å². The van der Waals surface area contributed by atoms with Crippen LogP contribution in [0.15, 0.2) is 17.1 Å². The van der Waals surface area contributed by atoms with Gasteiger partial charge in [0.1, 0.15) is 10.9 Å². The van der Waals surface area contributed by atoms with Gasteiger partial charge in [0.25, 0.3) is 0 Å². The summed E-state index contributed by atoms with van der Waals surface area (Å²) in [5, 5.41) is 11.9. The fourth-order valence-corrected chi connectivity index (χ4v) is 2.74. The van der Waals surface area contributed by atoms with Crippen LogP contribution in [0.25, 0.3) is 0 Å². The molecule has 0 saturated heterocycles. The van der Waals surface area contributed by atoms with Crippen molar-refractivity contribution in [2.75, 3.05) is 0 Å². The van der Waals surface area contributed by atoms with Crippen LogP contribution in [-0.2, 0) is 6.54 Å².